The summed E-state index contributed by atoms with van der Waals surface area (Å²) in [4.78, 5) is 6.87. The summed E-state index contributed by atoms with van der Waals surface area (Å²) in [7, 11) is 0. The first-order valence-corrected chi connectivity index (χ1v) is 6.50. The first kappa shape index (κ1) is 20.6. The molecule has 0 aliphatic rings. The predicted molar refractivity (Wildman–Crippen MR) is 89.8 cm³/mol. The molecule has 0 bridgehead atoms. The van der Waals surface area contributed by atoms with Gasteiger partial charge in [0, 0.05) is 0 Å². The van der Waals surface area contributed by atoms with Gasteiger partial charge in [-0.25, -0.2) is 9.97 Å². The van der Waals surface area contributed by atoms with Crippen molar-refractivity contribution in [1.29, 1.82) is 0 Å². The highest BCUT2D eigenvalue weighted by Gasteiger charge is 2.32. The van der Waals surface area contributed by atoms with E-state index in [2.05, 4.69) is 9.97 Å². The van der Waals surface area contributed by atoms with Gasteiger partial charge in [0.1, 0.15) is 5.75 Å². The standard InChI is InChI=1S/C13H11F3N2O.C2H6.HI/c1-8-3-9(2)5-10(4-8)19-12-7-17-11(6-18-12)13(14,15)16;1-2;/h3-7H,1-2H3;1-2H3;1H. The summed E-state index contributed by atoms with van der Waals surface area (Å²) in [6.07, 6.45) is -2.88. The zero-order valence-electron chi connectivity index (χ0n) is 12.7. The zero-order valence-corrected chi connectivity index (χ0v) is 15.1. The molecule has 0 unspecified atom stereocenters. The van der Waals surface area contributed by atoms with Gasteiger partial charge in [-0.3, -0.25) is 0 Å². The van der Waals surface area contributed by atoms with E-state index in [-0.39, 0.29) is 29.9 Å². The molecular weight excluding hydrogens is 408 g/mol. The van der Waals surface area contributed by atoms with Gasteiger partial charge in [0.15, 0.2) is 5.69 Å². The van der Waals surface area contributed by atoms with Crippen molar-refractivity contribution in [3.8, 4) is 11.6 Å². The minimum atomic E-state index is -4.49. The van der Waals surface area contributed by atoms with E-state index in [1.54, 1.807) is 12.1 Å². The smallest absolute Gasteiger partial charge is 0.434 e. The van der Waals surface area contributed by atoms with E-state index in [0.717, 1.165) is 17.3 Å². The molecule has 2 aromatic rings. The van der Waals surface area contributed by atoms with Gasteiger partial charge in [-0.1, -0.05) is 19.9 Å². The molecule has 0 spiro atoms. The summed E-state index contributed by atoms with van der Waals surface area (Å²) in [5.41, 5.74) is 0.949. The lowest BCUT2D eigenvalue weighted by Gasteiger charge is -2.08. The third kappa shape index (κ3) is 6.17. The van der Waals surface area contributed by atoms with Crippen molar-refractivity contribution in [2.75, 3.05) is 0 Å². The number of benzene rings is 1. The molecule has 122 valence electrons. The molecule has 1 heterocycles. The van der Waals surface area contributed by atoms with Gasteiger partial charge in [-0.05, 0) is 37.1 Å². The maximum absolute atomic E-state index is 12.3. The number of hydrogen-bond acceptors (Lipinski definition) is 3. The Morgan fingerprint density at radius 2 is 1.45 bits per heavy atom. The van der Waals surface area contributed by atoms with Gasteiger partial charge in [-0.2, -0.15) is 13.2 Å². The molecule has 0 amide bonds. The van der Waals surface area contributed by atoms with Crippen molar-refractivity contribution in [2.45, 2.75) is 33.9 Å². The zero-order chi connectivity index (χ0) is 16.0. The fourth-order valence-electron chi connectivity index (χ4n) is 1.63. The Morgan fingerprint density at radius 3 is 1.86 bits per heavy atom. The molecule has 1 aromatic heterocycles. The Labute approximate surface area is 145 Å². The first-order valence-electron chi connectivity index (χ1n) is 6.50. The number of rotatable bonds is 2. The molecule has 0 N–H and O–H groups in total. The Morgan fingerprint density at radius 1 is 0.909 bits per heavy atom. The molecule has 1 aromatic carbocycles. The number of alkyl halides is 3. The minimum absolute atomic E-state index is 0. The summed E-state index contributed by atoms with van der Waals surface area (Å²) in [5.74, 6) is 0.546. The number of hydrogen-bond donors (Lipinski definition) is 0. The first-order chi connectivity index (χ1) is 9.84. The van der Waals surface area contributed by atoms with Crippen LogP contribution >= 0.6 is 24.0 Å². The van der Waals surface area contributed by atoms with Crippen LogP contribution in [-0.4, -0.2) is 9.97 Å². The second-order valence-electron chi connectivity index (χ2n) is 4.16. The Kier molecular flexibility index (Phi) is 8.36. The molecule has 0 aliphatic heterocycles. The summed E-state index contributed by atoms with van der Waals surface area (Å²) in [6.45, 7) is 7.80. The van der Waals surface area contributed by atoms with Crippen LogP contribution in [0.5, 0.6) is 11.6 Å². The summed E-state index contributed by atoms with van der Waals surface area (Å²) in [5, 5.41) is 0. The van der Waals surface area contributed by atoms with Crippen LogP contribution in [-0.2, 0) is 6.18 Å². The van der Waals surface area contributed by atoms with Gasteiger partial charge < -0.3 is 4.74 Å². The SMILES string of the molecule is CC.Cc1cc(C)cc(Oc2cnc(C(F)(F)F)cn2)c1.I. The van der Waals surface area contributed by atoms with Crippen LogP contribution in [0.2, 0.25) is 0 Å². The summed E-state index contributed by atoms with van der Waals surface area (Å²) < 4.78 is 42.3. The molecule has 0 atom stereocenters. The molecule has 0 radical (unpaired) electrons. The second-order valence-corrected chi connectivity index (χ2v) is 4.16. The fraction of sp³-hybridized carbons (Fsp3) is 0.333. The van der Waals surface area contributed by atoms with Crippen LogP contribution < -0.4 is 4.74 Å². The van der Waals surface area contributed by atoms with Crippen molar-refractivity contribution in [3.63, 3.8) is 0 Å². The molecule has 2 rings (SSSR count). The Hall–Kier alpha value is -1.38. The molecule has 0 fully saturated rings. The van der Waals surface area contributed by atoms with Crippen LogP contribution in [0, 0.1) is 13.8 Å². The number of halogens is 4. The largest absolute Gasteiger partial charge is 0.437 e. The molecule has 22 heavy (non-hydrogen) atoms. The highest BCUT2D eigenvalue weighted by molar-refractivity contribution is 14.0. The number of nitrogens with zero attached hydrogens (tertiary/aromatic N) is 2. The van der Waals surface area contributed by atoms with E-state index in [4.69, 9.17) is 4.74 Å². The predicted octanol–water partition coefficient (Wildman–Crippen LogP) is 5.55. The third-order valence-corrected chi connectivity index (χ3v) is 2.34. The van der Waals surface area contributed by atoms with Gasteiger partial charge in [0.05, 0.1) is 12.4 Å². The van der Waals surface area contributed by atoms with Crippen molar-refractivity contribution in [3.05, 3.63) is 47.4 Å². The number of aromatic nitrogens is 2. The Bertz CT molecular complexity index is 566. The van der Waals surface area contributed by atoms with E-state index >= 15 is 0 Å². The van der Waals surface area contributed by atoms with Crippen molar-refractivity contribution < 1.29 is 17.9 Å². The molecule has 7 heteroatoms. The highest BCUT2D eigenvalue weighted by atomic mass is 127. The lowest BCUT2D eigenvalue weighted by Crippen LogP contribution is -2.08. The quantitative estimate of drug-likeness (QED) is 0.591. The van der Waals surface area contributed by atoms with E-state index in [1.807, 2.05) is 33.8 Å². The van der Waals surface area contributed by atoms with E-state index < -0.39 is 11.9 Å². The molecule has 3 nitrogen and oxygen atoms in total. The normalized spacial score (nSPS) is 10.1. The van der Waals surface area contributed by atoms with Crippen LogP contribution in [0.4, 0.5) is 13.2 Å². The summed E-state index contributed by atoms with van der Waals surface area (Å²) in [6, 6.07) is 5.50. The molecule has 0 saturated heterocycles. The van der Waals surface area contributed by atoms with Gasteiger partial charge in [0.2, 0.25) is 5.88 Å². The maximum atomic E-state index is 12.3. The van der Waals surface area contributed by atoms with Crippen LogP contribution in [0.1, 0.15) is 30.7 Å². The molecular formula is C15H18F3IN2O. The van der Waals surface area contributed by atoms with Crippen LogP contribution in [0.3, 0.4) is 0 Å². The van der Waals surface area contributed by atoms with E-state index in [1.165, 1.54) is 0 Å². The monoisotopic (exact) mass is 426 g/mol. The second kappa shape index (κ2) is 8.92. The van der Waals surface area contributed by atoms with Gasteiger partial charge in [-0.15, -0.1) is 24.0 Å². The number of ether oxygens (including phenoxy) is 1. The lowest BCUT2D eigenvalue weighted by molar-refractivity contribution is -0.141. The Balaban J connectivity index is 0.00000141. The van der Waals surface area contributed by atoms with E-state index in [0.29, 0.717) is 11.9 Å². The van der Waals surface area contributed by atoms with Crippen molar-refractivity contribution >= 4 is 24.0 Å². The number of aryl methyl sites for hydroxylation is 2. The van der Waals surface area contributed by atoms with Crippen LogP contribution in [0.15, 0.2) is 30.6 Å². The average Bonchev–Trinajstić information content (AvgIpc) is 2.39. The van der Waals surface area contributed by atoms with E-state index in [9.17, 15) is 13.2 Å². The van der Waals surface area contributed by atoms with Crippen molar-refractivity contribution in [1.82, 2.24) is 9.97 Å². The maximum Gasteiger partial charge on any atom is 0.434 e. The highest BCUT2D eigenvalue weighted by Crippen LogP contribution is 2.28. The van der Waals surface area contributed by atoms with Crippen LogP contribution in [0.25, 0.3) is 0 Å². The fourth-order valence-corrected chi connectivity index (χ4v) is 1.63. The van der Waals surface area contributed by atoms with Gasteiger partial charge in [0.25, 0.3) is 0 Å². The van der Waals surface area contributed by atoms with Gasteiger partial charge >= 0.3 is 6.18 Å². The average molecular weight is 426 g/mol. The lowest BCUT2D eigenvalue weighted by atomic mass is 10.1. The minimum Gasteiger partial charge on any atom is -0.437 e. The molecule has 0 saturated carbocycles. The topological polar surface area (TPSA) is 35.0 Å². The summed E-state index contributed by atoms with van der Waals surface area (Å²) >= 11 is 0. The third-order valence-electron chi connectivity index (χ3n) is 2.34. The van der Waals surface area contributed by atoms with Crippen molar-refractivity contribution in [2.24, 2.45) is 0 Å². The molecule has 0 aliphatic carbocycles.